The van der Waals surface area contributed by atoms with E-state index in [9.17, 15) is 0 Å². The summed E-state index contributed by atoms with van der Waals surface area (Å²) in [6, 6.07) is 0. The van der Waals surface area contributed by atoms with Gasteiger partial charge >= 0.3 is 0 Å². The van der Waals surface area contributed by atoms with Crippen LogP contribution in [0.25, 0.3) is 0 Å². The molecule has 0 saturated heterocycles. The first-order valence-electron chi connectivity index (χ1n) is 4.64. The van der Waals surface area contributed by atoms with E-state index in [1.165, 1.54) is 12.8 Å². The predicted molar refractivity (Wildman–Crippen MR) is 54.9 cm³/mol. The molecule has 0 aromatic rings. The lowest BCUT2D eigenvalue weighted by Crippen LogP contribution is -2.25. The fourth-order valence-corrected chi connectivity index (χ4v) is 0.901. The zero-order chi connectivity index (χ0) is 9.56. The lowest BCUT2D eigenvalue weighted by molar-refractivity contribution is 0.450. The molecule has 12 heavy (non-hydrogen) atoms. The topological polar surface area (TPSA) is 15.3 Å². The van der Waals surface area contributed by atoms with Gasteiger partial charge in [0.2, 0.25) is 0 Å². The van der Waals surface area contributed by atoms with Crippen molar-refractivity contribution < 1.29 is 0 Å². The molecule has 0 atom stereocenters. The van der Waals surface area contributed by atoms with Crippen molar-refractivity contribution in [2.45, 2.75) is 26.7 Å². The Kier molecular flexibility index (Phi) is 5.60. The van der Waals surface area contributed by atoms with Gasteiger partial charge in [-0.1, -0.05) is 20.4 Å². The molecule has 0 rings (SSSR count). The summed E-state index contributed by atoms with van der Waals surface area (Å²) >= 11 is 0. The van der Waals surface area contributed by atoms with Gasteiger partial charge in [0.15, 0.2) is 0 Å². The van der Waals surface area contributed by atoms with Gasteiger partial charge in [0, 0.05) is 20.6 Å². The van der Waals surface area contributed by atoms with E-state index in [1.807, 2.05) is 19.0 Å². The quantitative estimate of drug-likeness (QED) is 0.614. The average molecular weight is 170 g/mol. The van der Waals surface area contributed by atoms with E-state index in [1.54, 1.807) is 0 Å². The summed E-state index contributed by atoms with van der Waals surface area (Å²) < 4.78 is 0. The molecule has 0 aliphatic rings. The fraction of sp³-hybridized carbons (Fsp3) is 0.800. The van der Waals surface area contributed by atoms with Gasteiger partial charge in [0.1, 0.15) is 0 Å². The highest BCUT2D eigenvalue weighted by Gasteiger charge is 1.95. The highest BCUT2D eigenvalue weighted by Crippen LogP contribution is 2.02. The van der Waals surface area contributed by atoms with Gasteiger partial charge in [-0.2, -0.15) is 0 Å². The number of rotatable bonds is 6. The third-order valence-electron chi connectivity index (χ3n) is 1.83. The first-order valence-corrected chi connectivity index (χ1v) is 4.64. The zero-order valence-electron chi connectivity index (χ0n) is 8.85. The number of hydrogen-bond donors (Lipinski definition) is 1. The van der Waals surface area contributed by atoms with Crippen LogP contribution >= 0.6 is 0 Å². The second kappa shape index (κ2) is 5.92. The van der Waals surface area contributed by atoms with E-state index >= 15 is 0 Å². The minimum Gasteiger partial charge on any atom is -0.372 e. The Labute approximate surface area is 76.6 Å². The second-order valence-electron chi connectivity index (χ2n) is 3.80. The van der Waals surface area contributed by atoms with Crippen LogP contribution in [-0.4, -0.2) is 25.5 Å². The zero-order valence-corrected chi connectivity index (χ0v) is 8.85. The van der Waals surface area contributed by atoms with Crippen LogP contribution in [0.4, 0.5) is 0 Å². The molecular weight excluding hydrogens is 148 g/mol. The van der Waals surface area contributed by atoms with Crippen LogP contribution in [0.5, 0.6) is 0 Å². The van der Waals surface area contributed by atoms with Crippen molar-refractivity contribution in [2.75, 3.05) is 20.6 Å². The molecule has 0 saturated carbocycles. The molecule has 2 heteroatoms. The van der Waals surface area contributed by atoms with Crippen LogP contribution < -0.4 is 5.32 Å². The standard InChI is InChI=1S/C10H22N2/c1-9(2)7-6-8-11-10(3)12(4)5/h9,11H,3,6-8H2,1-2,4-5H3. The summed E-state index contributed by atoms with van der Waals surface area (Å²) in [4.78, 5) is 2.00. The molecule has 0 aromatic heterocycles. The Morgan fingerprint density at radius 1 is 1.42 bits per heavy atom. The van der Waals surface area contributed by atoms with Crippen molar-refractivity contribution in [3.05, 3.63) is 12.4 Å². The highest BCUT2D eigenvalue weighted by atomic mass is 15.2. The average Bonchev–Trinajstić information content (AvgIpc) is 1.97. The van der Waals surface area contributed by atoms with Crippen LogP contribution in [-0.2, 0) is 0 Å². The normalized spacial score (nSPS) is 10.1. The van der Waals surface area contributed by atoms with Gasteiger partial charge in [-0.05, 0) is 18.8 Å². The SMILES string of the molecule is C=C(NCCCC(C)C)N(C)C. The molecule has 0 spiro atoms. The molecule has 72 valence electrons. The second-order valence-corrected chi connectivity index (χ2v) is 3.80. The Bertz CT molecular complexity index is 128. The maximum absolute atomic E-state index is 3.89. The van der Waals surface area contributed by atoms with Crippen LogP contribution in [0, 0.1) is 5.92 Å². The monoisotopic (exact) mass is 170 g/mol. The predicted octanol–water partition coefficient (Wildman–Crippen LogP) is 2.04. The number of nitrogens with one attached hydrogen (secondary N) is 1. The van der Waals surface area contributed by atoms with Crippen molar-refractivity contribution in [2.24, 2.45) is 5.92 Å². The van der Waals surface area contributed by atoms with Gasteiger partial charge < -0.3 is 10.2 Å². The van der Waals surface area contributed by atoms with E-state index in [0.29, 0.717) is 0 Å². The number of nitrogens with zero attached hydrogens (tertiary/aromatic N) is 1. The molecule has 0 aliphatic carbocycles. The van der Waals surface area contributed by atoms with Crippen LogP contribution in [0.15, 0.2) is 12.4 Å². The van der Waals surface area contributed by atoms with Crippen molar-refractivity contribution in [1.29, 1.82) is 0 Å². The molecule has 0 heterocycles. The maximum Gasteiger partial charge on any atom is 0.0933 e. The van der Waals surface area contributed by atoms with E-state index in [0.717, 1.165) is 18.3 Å². The fourth-order valence-electron chi connectivity index (χ4n) is 0.901. The minimum absolute atomic E-state index is 0.805. The summed E-state index contributed by atoms with van der Waals surface area (Å²) in [7, 11) is 4.00. The first kappa shape index (κ1) is 11.3. The molecule has 0 bridgehead atoms. The summed E-state index contributed by atoms with van der Waals surface area (Å²) in [5.41, 5.74) is 0. The Morgan fingerprint density at radius 3 is 2.42 bits per heavy atom. The van der Waals surface area contributed by atoms with E-state index < -0.39 is 0 Å². The van der Waals surface area contributed by atoms with Gasteiger partial charge in [0.25, 0.3) is 0 Å². The van der Waals surface area contributed by atoms with E-state index in [-0.39, 0.29) is 0 Å². The molecule has 0 radical (unpaired) electrons. The summed E-state index contributed by atoms with van der Waals surface area (Å²) in [5, 5.41) is 3.27. The third-order valence-corrected chi connectivity index (χ3v) is 1.83. The van der Waals surface area contributed by atoms with E-state index in [2.05, 4.69) is 25.7 Å². The molecule has 0 amide bonds. The van der Waals surface area contributed by atoms with Crippen molar-refractivity contribution in [3.8, 4) is 0 Å². The molecule has 0 fully saturated rings. The molecule has 2 nitrogen and oxygen atoms in total. The molecule has 0 aliphatic heterocycles. The van der Waals surface area contributed by atoms with Crippen molar-refractivity contribution in [3.63, 3.8) is 0 Å². The van der Waals surface area contributed by atoms with Crippen LogP contribution in [0.1, 0.15) is 26.7 Å². The highest BCUT2D eigenvalue weighted by molar-refractivity contribution is 4.86. The number of hydrogen-bond acceptors (Lipinski definition) is 2. The van der Waals surface area contributed by atoms with Crippen molar-refractivity contribution >= 4 is 0 Å². The molecule has 1 N–H and O–H groups in total. The first-order chi connectivity index (χ1) is 5.54. The minimum atomic E-state index is 0.805. The smallest absolute Gasteiger partial charge is 0.0933 e. The van der Waals surface area contributed by atoms with Gasteiger partial charge in [-0.15, -0.1) is 0 Å². The summed E-state index contributed by atoms with van der Waals surface area (Å²) in [6.07, 6.45) is 2.51. The lowest BCUT2D eigenvalue weighted by Gasteiger charge is -2.17. The lowest BCUT2D eigenvalue weighted by atomic mass is 10.1. The maximum atomic E-state index is 3.89. The molecule has 0 aromatic carbocycles. The molecule has 0 unspecified atom stereocenters. The van der Waals surface area contributed by atoms with E-state index in [4.69, 9.17) is 0 Å². The van der Waals surface area contributed by atoms with Gasteiger partial charge in [-0.25, -0.2) is 0 Å². The van der Waals surface area contributed by atoms with Crippen molar-refractivity contribution in [1.82, 2.24) is 10.2 Å². The third kappa shape index (κ3) is 6.08. The Hall–Kier alpha value is -0.660. The van der Waals surface area contributed by atoms with Gasteiger partial charge in [-0.3, -0.25) is 0 Å². The van der Waals surface area contributed by atoms with Crippen LogP contribution in [0.3, 0.4) is 0 Å². The Morgan fingerprint density at radius 2 is 2.00 bits per heavy atom. The Balaban J connectivity index is 3.26. The molecular formula is C10H22N2. The van der Waals surface area contributed by atoms with Gasteiger partial charge in [0.05, 0.1) is 5.82 Å². The largest absolute Gasteiger partial charge is 0.372 e. The summed E-state index contributed by atoms with van der Waals surface area (Å²) in [5.74, 6) is 1.80. The van der Waals surface area contributed by atoms with Crippen LogP contribution in [0.2, 0.25) is 0 Å². The summed E-state index contributed by atoms with van der Waals surface area (Å²) in [6.45, 7) is 9.42.